The Hall–Kier alpha value is -1.76. The van der Waals surface area contributed by atoms with Gasteiger partial charge in [0.15, 0.2) is 0 Å². The second-order valence-corrected chi connectivity index (χ2v) is 7.18. The molecule has 0 bridgehead atoms. The number of nitrogens with one attached hydrogen (secondary N) is 1. The summed E-state index contributed by atoms with van der Waals surface area (Å²) in [6, 6.07) is 0.221. The lowest BCUT2D eigenvalue weighted by molar-refractivity contribution is -0.0874. The lowest BCUT2D eigenvalue weighted by Crippen LogP contribution is -2.57. The molecule has 0 spiro atoms. The fourth-order valence-electron chi connectivity index (χ4n) is 3.48. The van der Waals surface area contributed by atoms with Crippen LogP contribution in [0, 0.1) is 0 Å². The average molecular weight is 335 g/mol. The Kier molecular flexibility index (Phi) is 4.99. The zero-order valence-electron chi connectivity index (χ0n) is 15.0. The molecule has 0 aliphatic carbocycles. The molecule has 0 aromatic carbocycles. The Morgan fingerprint density at radius 2 is 2.33 bits per heavy atom. The summed E-state index contributed by atoms with van der Waals surface area (Å²) in [4.78, 5) is 16.8. The molecule has 2 saturated heterocycles. The van der Waals surface area contributed by atoms with E-state index in [4.69, 9.17) is 4.74 Å². The first-order chi connectivity index (χ1) is 11.5. The van der Waals surface area contributed by atoms with Gasteiger partial charge in [-0.3, -0.25) is 4.68 Å². The van der Waals surface area contributed by atoms with Crippen molar-refractivity contribution in [1.29, 1.82) is 0 Å². The first-order valence-electron chi connectivity index (χ1n) is 8.92. The molecule has 1 aromatic rings. The number of carbonyl (C=O) groups excluding carboxylic acids is 1. The molecule has 2 unspecified atom stereocenters. The highest BCUT2D eigenvalue weighted by Crippen LogP contribution is 2.22. The van der Waals surface area contributed by atoms with E-state index in [1.165, 1.54) is 0 Å². The van der Waals surface area contributed by atoms with Gasteiger partial charge in [-0.1, -0.05) is 6.92 Å². The zero-order valence-corrected chi connectivity index (χ0v) is 15.0. The SMILES string of the molecule is CCC1(C)CN(C(=O)NC2CCCN(c3cnn(C)c3)C2)CCO1. The summed E-state index contributed by atoms with van der Waals surface area (Å²) in [5.41, 5.74) is 0.908. The van der Waals surface area contributed by atoms with Gasteiger partial charge in [-0.2, -0.15) is 5.10 Å². The number of hydrogen-bond acceptors (Lipinski definition) is 4. The maximum absolute atomic E-state index is 12.6. The highest BCUT2D eigenvalue weighted by atomic mass is 16.5. The summed E-state index contributed by atoms with van der Waals surface area (Å²) in [5, 5.41) is 7.46. The molecule has 3 heterocycles. The van der Waals surface area contributed by atoms with Crippen LogP contribution in [0.15, 0.2) is 12.4 Å². The van der Waals surface area contributed by atoms with Crippen LogP contribution in [0.4, 0.5) is 10.5 Å². The van der Waals surface area contributed by atoms with Gasteiger partial charge in [0.1, 0.15) is 0 Å². The maximum atomic E-state index is 12.6. The van der Waals surface area contributed by atoms with Crippen molar-refractivity contribution < 1.29 is 9.53 Å². The number of urea groups is 1. The third-order valence-electron chi connectivity index (χ3n) is 5.18. The van der Waals surface area contributed by atoms with Gasteiger partial charge >= 0.3 is 6.03 Å². The molecule has 134 valence electrons. The molecule has 7 heteroatoms. The monoisotopic (exact) mass is 335 g/mol. The Bertz CT molecular complexity index is 575. The Morgan fingerprint density at radius 1 is 1.50 bits per heavy atom. The van der Waals surface area contributed by atoms with Crippen LogP contribution in [0.3, 0.4) is 0 Å². The van der Waals surface area contributed by atoms with Gasteiger partial charge in [-0.15, -0.1) is 0 Å². The topological polar surface area (TPSA) is 62.6 Å². The van der Waals surface area contributed by atoms with E-state index in [1.807, 2.05) is 29.0 Å². The minimum absolute atomic E-state index is 0.0380. The minimum Gasteiger partial charge on any atom is -0.372 e. The van der Waals surface area contributed by atoms with E-state index in [1.54, 1.807) is 0 Å². The van der Waals surface area contributed by atoms with Gasteiger partial charge in [0.2, 0.25) is 0 Å². The van der Waals surface area contributed by atoms with Crippen LogP contribution < -0.4 is 10.2 Å². The molecule has 7 nitrogen and oxygen atoms in total. The highest BCUT2D eigenvalue weighted by molar-refractivity contribution is 5.75. The van der Waals surface area contributed by atoms with Crippen LogP contribution >= 0.6 is 0 Å². The normalized spacial score (nSPS) is 28.0. The second kappa shape index (κ2) is 7.01. The number of amides is 2. The van der Waals surface area contributed by atoms with Crippen LogP contribution in [0.1, 0.15) is 33.1 Å². The van der Waals surface area contributed by atoms with Crippen molar-refractivity contribution in [3.05, 3.63) is 12.4 Å². The molecule has 2 atom stereocenters. The number of anilines is 1. The van der Waals surface area contributed by atoms with Gasteiger partial charge in [-0.05, 0) is 26.2 Å². The average Bonchev–Trinajstić information content (AvgIpc) is 3.02. The lowest BCUT2D eigenvalue weighted by Gasteiger charge is -2.41. The van der Waals surface area contributed by atoms with E-state index < -0.39 is 0 Å². The lowest BCUT2D eigenvalue weighted by atomic mass is 10.0. The number of aromatic nitrogens is 2. The Morgan fingerprint density at radius 3 is 3.04 bits per heavy atom. The number of ether oxygens (including phenoxy) is 1. The van der Waals surface area contributed by atoms with Crippen molar-refractivity contribution >= 4 is 11.7 Å². The largest absolute Gasteiger partial charge is 0.372 e. The van der Waals surface area contributed by atoms with E-state index >= 15 is 0 Å². The summed E-state index contributed by atoms with van der Waals surface area (Å²) in [5.74, 6) is 0. The second-order valence-electron chi connectivity index (χ2n) is 7.18. The molecule has 1 N–H and O–H groups in total. The Labute approximate surface area is 143 Å². The molecule has 2 fully saturated rings. The summed E-state index contributed by atoms with van der Waals surface area (Å²) < 4.78 is 7.64. The fourth-order valence-corrected chi connectivity index (χ4v) is 3.48. The van der Waals surface area contributed by atoms with Crippen molar-refractivity contribution in [3.8, 4) is 0 Å². The van der Waals surface area contributed by atoms with E-state index in [2.05, 4.69) is 29.2 Å². The molecule has 0 radical (unpaired) electrons. The van der Waals surface area contributed by atoms with E-state index in [0.717, 1.165) is 38.0 Å². The van der Waals surface area contributed by atoms with Crippen molar-refractivity contribution in [2.75, 3.05) is 37.7 Å². The molecular formula is C17H29N5O2. The molecular weight excluding hydrogens is 306 g/mol. The number of piperidine rings is 1. The molecule has 3 rings (SSSR count). The Balaban J connectivity index is 1.56. The summed E-state index contributed by atoms with van der Waals surface area (Å²) in [6.45, 7) is 7.99. The third kappa shape index (κ3) is 3.83. The summed E-state index contributed by atoms with van der Waals surface area (Å²) in [7, 11) is 1.93. The first-order valence-corrected chi connectivity index (χ1v) is 8.92. The molecule has 1 aromatic heterocycles. The van der Waals surface area contributed by atoms with E-state index in [9.17, 15) is 4.79 Å². The van der Waals surface area contributed by atoms with Gasteiger partial charge < -0.3 is 19.9 Å². The number of rotatable bonds is 3. The van der Waals surface area contributed by atoms with Crippen molar-refractivity contribution in [2.45, 2.75) is 44.8 Å². The number of carbonyl (C=O) groups is 1. The van der Waals surface area contributed by atoms with Gasteiger partial charge in [0.25, 0.3) is 0 Å². The first kappa shape index (κ1) is 17.1. The van der Waals surface area contributed by atoms with Crippen LogP contribution in [-0.2, 0) is 11.8 Å². The van der Waals surface area contributed by atoms with Gasteiger partial charge in [0.05, 0.1) is 30.6 Å². The smallest absolute Gasteiger partial charge is 0.317 e. The van der Waals surface area contributed by atoms with Crippen molar-refractivity contribution in [3.63, 3.8) is 0 Å². The summed E-state index contributed by atoms with van der Waals surface area (Å²) in [6.07, 6.45) is 6.93. The number of nitrogens with zero attached hydrogens (tertiary/aromatic N) is 4. The van der Waals surface area contributed by atoms with Crippen LogP contribution in [-0.4, -0.2) is 65.1 Å². The maximum Gasteiger partial charge on any atom is 0.317 e. The standard InChI is InChI=1S/C17H29N5O2/c1-4-17(2)13-22(8-9-24-17)16(23)19-14-6-5-7-21(11-14)15-10-18-20(3)12-15/h10,12,14H,4-9,11,13H2,1-3H3,(H,19,23). The molecule has 0 saturated carbocycles. The van der Waals surface area contributed by atoms with Gasteiger partial charge in [0, 0.05) is 38.9 Å². The van der Waals surface area contributed by atoms with Crippen LogP contribution in [0.2, 0.25) is 0 Å². The molecule has 2 amide bonds. The zero-order chi connectivity index (χ0) is 17.2. The van der Waals surface area contributed by atoms with Crippen LogP contribution in [0.25, 0.3) is 0 Å². The fraction of sp³-hybridized carbons (Fsp3) is 0.765. The number of aryl methyl sites for hydroxylation is 1. The van der Waals surface area contributed by atoms with E-state index in [-0.39, 0.29) is 17.7 Å². The van der Waals surface area contributed by atoms with E-state index in [0.29, 0.717) is 19.7 Å². The predicted molar refractivity (Wildman–Crippen MR) is 93.2 cm³/mol. The highest BCUT2D eigenvalue weighted by Gasteiger charge is 2.33. The van der Waals surface area contributed by atoms with Gasteiger partial charge in [-0.25, -0.2) is 4.79 Å². The van der Waals surface area contributed by atoms with Crippen molar-refractivity contribution in [1.82, 2.24) is 20.0 Å². The number of hydrogen-bond donors (Lipinski definition) is 1. The number of morpholine rings is 1. The molecule has 2 aliphatic heterocycles. The van der Waals surface area contributed by atoms with Crippen molar-refractivity contribution in [2.24, 2.45) is 7.05 Å². The molecule has 24 heavy (non-hydrogen) atoms. The third-order valence-corrected chi connectivity index (χ3v) is 5.18. The summed E-state index contributed by atoms with van der Waals surface area (Å²) >= 11 is 0. The molecule has 2 aliphatic rings. The quantitative estimate of drug-likeness (QED) is 0.911. The predicted octanol–water partition coefficient (Wildman–Crippen LogP) is 1.60. The van der Waals surface area contributed by atoms with Crippen LogP contribution in [0.5, 0.6) is 0 Å². The minimum atomic E-state index is -0.218.